The van der Waals surface area contributed by atoms with Gasteiger partial charge in [0.25, 0.3) is 5.91 Å². The number of morpholine rings is 1. The molecule has 1 atom stereocenters. The van der Waals surface area contributed by atoms with Crippen molar-refractivity contribution in [3.05, 3.63) is 68.5 Å². The molecule has 2 aliphatic rings. The van der Waals surface area contributed by atoms with Crippen LogP contribution in [0, 0.1) is 0 Å². The molecular weight excluding hydrogens is 472 g/mol. The van der Waals surface area contributed by atoms with Crippen LogP contribution in [0.5, 0.6) is 11.5 Å². The standard InChI is InChI=1S/C26H27ClN2O6/c1-2-34-21-14-16(4-6-19(21)30)23-22-24(31)18-15-17(27)5-7-20(18)35-25(22)26(32)29(23)9-3-8-28-10-12-33-13-11-28/h4-7,14-15,23,30H,2-3,8-13H2,1H3. The summed E-state index contributed by atoms with van der Waals surface area (Å²) >= 11 is 6.15. The summed E-state index contributed by atoms with van der Waals surface area (Å²) in [5.41, 5.74) is 0.979. The summed E-state index contributed by atoms with van der Waals surface area (Å²) in [6, 6.07) is 9.05. The minimum absolute atomic E-state index is 0.00339. The van der Waals surface area contributed by atoms with Gasteiger partial charge in [0.15, 0.2) is 16.9 Å². The Labute approximate surface area is 207 Å². The van der Waals surface area contributed by atoms with E-state index in [1.807, 2.05) is 6.92 Å². The number of phenolic OH excluding ortho intramolecular Hbond substituents is 1. The van der Waals surface area contributed by atoms with E-state index in [2.05, 4.69) is 4.90 Å². The van der Waals surface area contributed by atoms with Crippen molar-refractivity contribution in [2.24, 2.45) is 0 Å². The molecule has 0 radical (unpaired) electrons. The number of ether oxygens (including phenoxy) is 2. The molecule has 1 saturated heterocycles. The maximum atomic E-state index is 13.6. The Hall–Kier alpha value is -3.07. The van der Waals surface area contributed by atoms with Gasteiger partial charge in [-0.3, -0.25) is 14.5 Å². The van der Waals surface area contributed by atoms with Gasteiger partial charge in [0.2, 0.25) is 5.76 Å². The zero-order valence-corrected chi connectivity index (χ0v) is 20.2. The third-order valence-corrected chi connectivity index (χ3v) is 6.74. The van der Waals surface area contributed by atoms with Crippen LogP contribution in [0.4, 0.5) is 0 Å². The lowest BCUT2D eigenvalue weighted by atomic mass is 9.98. The number of halogens is 1. The summed E-state index contributed by atoms with van der Waals surface area (Å²) in [6.45, 7) is 6.57. The van der Waals surface area contributed by atoms with E-state index in [1.165, 1.54) is 6.07 Å². The number of nitrogens with zero attached hydrogens (tertiary/aromatic N) is 2. The number of hydrogen-bond acceptors (Lipinski definition) is 7. The lowest BCUT2D eigenvalue weighted by Crippen LogP contribution is -2.38. The number of hydrogen-bond donors (Lipinski definition) is 1. The smallest absolute Gasteiger partial charge is 0.290 e. The van der Waals surface area contributed by atoms with Gasteiger partial charge in [-0.1, -0.05) is 17.7 Å². The van der Waals surface area contributed by atoms with Crippen molar-refractivity contribution in [2.45, 2.75) is 19.4 Å². The monoisotopic (exact) mass is 498 g/mol. The fourth-order valence-electron chi connectivity index (χ4n) is 4.83. The van der Waals surface area contributed by atoms with Crippen LogP contribution in [0.25, 0.3) is 11.0 Å². The maximum absolute atomic E-state index is 13.6. The minimum atomic E-state index is -0.665. The molecule has 5 rings (SSSR count). The largest absolute Gasteiger partial charge is 0.504 e. The molecular formula is C26H27ClN2O6. The molecule has 1 amide bonds. The Bertz CT molecular complexity index is 1320. The molecule has 1 aromatic heterocycles. The quantitative estimate of drug-likeness (QED) is 0.529. The van der Waals surface area contributed by atoms with Crippen molar-refractivity contribution in [1.29, 1.82) is 0 Å². The van der Waals surface area contributed by atoms with E-state index >= 15 is 0 Å². The Morgan fingerprint density at radius 3 is 2.69 bits per heavy atom. The second-order valence-electron chi connectivity index (χ2n) is 8.68. The third kappa shape index (κ3) is 4.49. The minimum Gasteiger partial charge on any atom is -0.504 e. The van der Waals surface area contributed by atoms with Crippen molar-refractivity contribution >= 4 is 28.5 Å². The van der Waals surface area contributed by atoms with Crippen LogP contribution in [0.1, 0.15) is 41.1 Å². The van der Waals surface area contributed by atoms with Crippen molar-refractivity contribution in [3.8, 4) is 11.5 Å². The van der Waals surface area contributed by atoms with E-state index in [1.54, 1.807) is 35.2 Å². The third-order valence-electron chi connectivity index (χ3n) is 6.50. The SMILES string of the molecule is CCOc1cc(C2c3c(oc4ccc(Cl)cc4c3=O)C(=O)N2CCCN2CCOCC2)ccc1O. The summed E-state index contributed by atoms with van der Waals surface area (Å²) < 4.78 is 17.0. The number of carbonyl (C=O) groups is 1. The molecule has 35 heavy (non-hydrogen) atoms. The highest BCUT2D eigenvalue weighted by molar-refractivity contribution is 6.31. The average molecular weight is 499 g/mol. The van der Waals surface area contributed by atoms with Crippen molar-refractivity contribution in [2.75, 3.05) is 46.0 Å². The molecule has 0 aliphatic carbocycles. The molecule has 1 unspecified atom stereocenters. The molecule has 3 aromatic rings. The van der Waals surface area contributed by atoms with Crippen molar-refractivity contribution in [3.63, 3.8) is 0 Å². The first-order valence-corrected chi connectivity index (χ1v) is 12.2. The summed E-state index contributed by atoms with van der Waals surface area (Å²) in [4.78, 5) is 31.2. The molecule has 8 nitrogen and oxygen atoms in total. The lowest BCUT2D eigenvalue weighted by Gasteiger charge is -2.29. The fraction of sp³-hybridized carbons (Fsp3) is 0.385. The molecule has 0 spiro atoms. The van der Waals surface area contributed by atoms with E-state index in [0.717, 1.165) is 26.1 Å². The van der Waals surface area contributed by atoms with Gasteiger partial charge in [0.1, 0.15) is 5.58 Å². The zero-order valence-electron chi connectivity index (χ0n) is 19.5. The summed E-state index contributed by atoms with van der Waals surface area (Å²) in [5.74, 6) is 0.0166. The molecule has 2 aliphatic heterocycles. The molecule has 9 heteroatoms. The van der Waals surface area contributed by atoms with E-state index in [9.17, 15) is 14.7 Å². The number of fused-ring (bicyclic) bond motifs is 2. The molecule has 2 aromatic carbocycles. The first-order chi connectivity index (χ1) is 17.0. The Kier molecular flexibility index (Phi) is 6.69. The summed E-state index contributed by atoms with van der Waals surface area (Å²) in [5, 5.41) is 11.0. The van der Waals surface area contributed by atoms with Crippen LogP contribution < -0.4 is 10.2 Å². The Morgan fingerprint density at radius 1 is 1.11 bits per heavy atom. The molecule has 3 heterocycles. The van der Waals surface area contributed by atoms with Gasteiger partial charge in [-0.15, -0.1) is 0 Å². The lowest BCUT2D eigenvalue weighted by molar-refractivity contribution is 0.0353. The van der Waals surface area contributed by atoms with Gasteiger partial charge < -0.3 is 23.9 Å². The topological polar surface area (TPSA) is 92.5 Å². The average Bonchev–Trinajstić information content (AvgIpc) is 3.14. The van der Waals surface area contributed by atoms with Crippen LogP contribution >= 0.6 is 11.6 Å². The number of phenols is 1. The number of benzene rings is 2. The Balaban J connectivity index is 1.56. The number of rotatable bonds is 7. The van der Waals surface area contributed by atoms with Gasteiger partial charge in [-0.25, -0.2) is 0 Å². The van der Waals surface area contributed by atoms with Gasteiger partial charge in [-0.05, 0) is 49.2 Å². The van der Waals surface area contributed by atoms with Crippen LogP contribution in [-0.2, 0) is 4.74 Å². The van der Waals surface area contributed by atoms with Crippen LogP contribution in [-0.4, -0.2) is 66.8 Å². The molecule has 0 bridgehead atoms. The Morgan fingerprint density at radius 2 is 1.91 bits per heavy atom. The normalized spacial score (nSPS) is 18.3. The number of aromatic hydroxyl groups is 1. The summed E-state index contributed by atoms with van der Waals surface area (Å²) in [7, 11) is 0. The van der Waals surface area contributed by atoms with E-state index in [0.29, 0.717) is 53.7 Å². The number of carbonyl (C=O) groups excluding carboxylic acids is 1. The highest BCUT2D eigenvalue weighted by atomic mass is 35.5. The van der Waals surface area contributed by atoms with Crippen molar-refractivity contribution in [1.82, 2.24) is 9.80 Å². The van der Waals surface area contributed by atoms with Crippen LogP contribution in [0.2, 0.25) is 5.02 Å². The van der Waals surface area contributed by atoms with E-state index < -0.39 is 6.04 Å². The van der Waals surface area contributed by atoms with E-state index in [-0.39, 0.29) is 28.4 Å². The molecule has 184 valence electrons. The second kappa shape index (κ2) is 9.89. The maximum Gasteiger partial charge on any atom is 0.290 e. The first-order valence-electron chi connectivity index (χ1n) is 11.8. The second-order valence-corrected chi connectivity index (χ2v) is 9.12. The van der Waals surface area contributed by atoms with Gasteiger partial charge in [-0.2, -0.15) is 0 Å². The highest BCUT2D eigenvalue weighted by Gasteiger charge is 2.42. The van der Waals surface area contributed by atoms with Gasteiger partial charge in [0.05, 0.1) is 36.8 Å². The summed E-state index contributed by atoms with van der Waals surface area (Å²) in [6.07, 6.45) is 0.728. The van der Waals surface area contributed by atoms with Crippen molar-refractivity contribution < 1.29 is 23.8 Å². The zero-order chi connectivity index (χ0) is 24.5. The molecule has 0 saturated carbocycles. The predicted molar refractivity (Wildman–Crippen MR) is 132 cm³/mol. The predicted octanol–water partition coefficient (Wildman–Crippen LogP) is 3.82. The van der Waals surface area contributed by atoms with Gasteiger partial charge in [0, 0.05) is 31.2 Å². The fourth-order valence-corrected chi connectivity index (χ4v) is 5.00. The number of amides is 1. The molecule has 1 N–H and O–H groups in total. The van der Waals surface area contributed by atoms with Gasteiger partial charge >= 0.3 is 0 Å². The van der Waals surface area contributed by atoms with Crippen LogP contribution in [0.3, 0.4) is 0 Å². The molecule has 1 fully saturated rings. The first kappa shape index (κ1) is 23.7. The van der Waals surface area contributed by atoms with E-state index in [4.69, 9.17) is 25.5 Å². The van der Waals surface area contributed by atoms with Crippen LogP contribution in [0.15, 0.2) is 45.6 Å². The highest BCUT2D eigenvalue weighted by Crippen LogP contribution is 2.41.